The number of halogens is 2. The number of thiophene rings is 1. The van der Waals surface area contributed by atoms with E-state index >= 15 is 0 Å². The molecule has 1 atom stereocenters. The number of nitrogens with one attached hydrogen (secondary N) is 1. The Morgan fingerprint density at radius 2 is 2.28 bits per heavy atom. The van der Waals surface area contributed by atoms with Crippen LogP contribution in [0.25, 0.3) is 0 Å². The van der Waals surface area contributed by atoms with Crippen molar-refractivity contribution in [3.05, 3.63) is 37.2 Å². The summed E-state index contributed by atoms with van der Waals surface area (Å²) in [6.07, 6.45) is 2.95. The Morgan fingerprint density at radius 3 is 2.83 bits per heavy atom. The monoisotopic (exact) mass is 391 g/mol. The predicted molar refractivity (Wildman–Crippen MR) is 83.1 cm³/mol. The lowest BCUT2D eigenvalue weighted by atomic mass is 10.1. The lowest BCUT2D eigenvalue weighted by Crippen LogP contribution is -2.21. The molecule has 0 aromatic carbocycles. The largest absolute Gasteiger partial charge is 0.308 e. The third-order valence-electron chi connectivity index (χ3n) is 2.75. The van der Waals surface area contributed by atoms with Gasteiger partial charge in [-0.25, -0.2) is 0 Å². The van der Waals surface area contributed by atoms with Crippen molar-refractivity contribution in [3.63, 3.8) is 0 Å². The fraction of sp³-hybridized carbons (Fsp3) is 0.417. The Bertz CT molecular complexity index is 521. The summed E-state index contributed by atoms with van der Waals surface area (Å²) in [6.45, 7) is 3.10. The van der Waals surface area contributed by atoms with E-state index in [4.69, 9.17) is 0 Å². The zero-order valence-electron chi connectivity index (χ0n) is 10.3. The number of rotatable bonds is 5. The van der Waals surface area contributed by atoms with Crippen LogP contribution in [0.15, 0.2) is 25.9 Å². The molecule has 0 aliphatic heterocycles. The molecule has 1 N–H and O–H groups in total. The highest BCUT2D eigenvalue weighted by molar-refractivity contribution is 9.11. The minimum absolute atomic E-state index is 0.163. The van der Waals surface area contributed by atoms with Crippen molar-refractivity contribution < 1.29 is 0 Å². The summed E-state index contributed by atoms with van der Waals surface area (Å²) in [5.74, 6) is 0. The average molecular weight is 393 g/mol. The van der Waals surface area contributed by atoms with Crippen LogP contribution in [-0.2, 0) is 6.54 Å². The number of nitrogens with zero attached hydrogens (tertiary/aromatic N) is 2. The topological polar surface area (TPSA) is 29.9 Å². The van der Waals surface area contributed by atoms with E-state index in [2.05, 4.69) is 65.3 Å². The minimum atomic E-state index is 0.163. The molecule has 2 rings (SSSR count). The zero-order valence-corrected chi connectivity index (χ0v) is 14.3. The quantitative estimate of drug-likeness (QED) is 0.826. The van der Waals surface area contributed by atoms with Crippen molar-refractivity contribution in [3.8, 4) is 0 Å². The highest BCUT2D eigenvalue weighted by atomic mass is 79.9. The molecule has 2 aromatic rings. The van der Waals surface area contributed by atoms with Gasteiger partial charge < -0.3 is 5.32 Å². The third kappa shape index (κ3) is 2.87. The van der Waals surface area contributed by atoms with E-state index in [-0.39, 0.29) is 6.04 Å². The van der Waals surface area contributed by atoms with Crippen molar-refractivity contribution in [1.29, 1.82) is 0 Å². The lowest BCUT2D eigenvalue weighted by molar-refractivity contribution is 0.534. The van der Waals surface area contributed by atoms with Crippen LogP contribution in [-0.4, -0.2) is 16.8 Å². The van der Waals surface area contributed by atoms with E-state index in [1.807, 2.05) is 13.2 Å². The van der Waals surface area contributed by atoms with E-state index in [0.29, 0.717) is 0 Å². The van der Waals surface area contributed by atoms with Gasteiger partial charge in [-0.05, 0) is 62.3 Å². The van der Waals surface area contributed by atoms with Crippen LogP contribution < -0.4 is 5.32 Å². The first-order valence-corrected chi connectivity index (χ1v) is 8.26. The number of hydrogen-bond acceptors (Lipinski definition) is 3. The van der Waals surface area contributed by atoms with Gasteiger partial charge in [0.2, 0.25) is 0 Å². The Kier molecular flexibility index (Phi) is 5.00. The van der Waals surface area contributed by atoms with Crippen molar-refractivity contribution in [2.45, 2.75) is 25.9 Å². The minimum Gasteiger partial charge on any atom is -0.308 e. The Morgan fingerprint density at radius 1 is 1.50 bits per heavy atom. The molecule has 1 unspecified atom stereocenters. The van der Waals surface area contributed by atoms with Gasteiger partial charge in [0.05, 0.1) is 26.2 Å². The van der Waals surface area contributed by atoms with Crippen LogP contribution in [0.4, 0.5) is 0 Å². The molecule has 0 radical (unpaired) electrons. The van der Waals surface area contributed by atoms with Gasteiger partial charge in [-0.1, -0.05) is 6.92 Å². The summed E-state index contributed by atoms with van der Waals surface area (Å²) in [4.78, 5) is 0. The van der Waals surface area contributed by atoms with Crippen molar-refractivity contribution >= 4 is 43.2 Å². The van der Waals surface area contributed by atoms with Crippen LogP contribution in [0.1, 0.15) is 30.6 Å². The summed E-state index contributed by atoms with van der Waals surface area (Å²) in [6, 6.07) is 2.32. The molecular weight excluding hydrogens is 378 g/mol. The van der Waals surface area contributed by atoms with E-state index < -0.39 is 0 Å². The van der Waals surface area contributed by atoms with Gasteiger partial charge in [0.15, 0.2) is 0 Å². The van der Waals surface area contributed by atoms with E-state index in [9.17, 15) is 0 Å². The normalized spacial score (nSPS) is 12.9. The molecule has 0 bridgehead atoms. The van der Waals surface area contributed by atoms with Gasteiger partial charge in [-0.2, -0.15) is 5.10 Å². The summed E-state index contributed by atoms with van der Waals surface area (Å²) in [5.41, 5.74) is 2.44. The SMILES string of the molecule is CCCn1ncc(Br)c1C(NC)c1csc(Br)c1. The second-order valence-corrected chi connectivity index (χ2v) is 7.15. The molecule has 0 aliphatic carbocycles. The molecule has 2 heterocycles. The smallest absolute Gasteiger partial charge is 0.0765 e. The molecule has 0 spiro atoms. The van der Waals surface area contributed by atoms with Crippen LogP contribution in [0, 0.1) is 0 Å². The molecular formula is C12H15Br2N3S. The van der Waals surface area contributed by atoms with Gasteiger partial charge in [-0.15, -0.1) is 11.3 Å². The average Bonchev–Trinajstić information content (AvgIpc) is 2.91. The Hall–Kier alpha value is -0.170. The fourth-order valence-electron chi connectivity index (χ4n) is 1.98. The maximum atomic E-state index is 4.43. The first kappa shape index (κ1) is 14.2. The third-order valence-corrected chi connectivity index (χ3v) is 4.89. The van der Waals surface area contributed by atoms with Crippen LogP contribution in [0.3, 0.4) is 0 Å². The standard InChI is InChI=1S/C12H15Br2N3S/c1-3-4-17-12(9(13)6-16-17)11(15-2)8-5-10(14)18-7-8/h5-7,11,15H,3-4H2,1-2H3. The number of hydrogen-bond donors (Lipinski definition) is 1. The zero-order chi connectivity index (χ0) is 13.1. The fourth-order valence-corrected chi connectivity index (χ4v) is 3.71. The van der Waals surface area contributed by atoms with E-state index in [1.54, 1.807) is 11.3 Å². The summed E-state index contributed by atoms with van der Waals surface area (Å²) in [7, 11) is 1.98. The highest BCUT2D eigenvalue weighted by Gasteiger charge is 2.21. The van der Waals surface area contributed by atoms with Crippen molar-refractivity contribution in [2.24, 2.45) is 0 Å². The molecule has 0 saturated carbocycles. The Balaban J connectivity index is 2.41. The molecule has 0 aliphatic rings. The molecule has 0 fully saturated rings. The predicted octanol–water partition coefficient (Wildman–Crippen LogP) is 4.19. The van der Waals surface area contributed by atoms with Crippen LogP contribution in [0.2, 0.25) is 0 Å². The van der Waals surface area contributed by atoms with Crippen molar-refractivity contribution in [2.75, 3.05) is 7.05 Å². The summed E-state index contributed by atoms with van der Waals surface area (Å²) < 4.78 is 4.27. The van der Waals surface area contributed by atoms with Crippen molar-refractivity contribution in [1.82, 2.24) is 15.1 Å². The maximum Gasteiger partial charge on any atom is 0.0765 e. The van der Waals surface area contributed by atoms with Gasteiger partial charge in [0, 0.05) is 6.54 Å². The molecule has 6 heteroatoms. The second kappa shape index (κ2) is 6.32. The Labute approximate surface area is 128 Å². The summed E-state index contributed by atoms with van der Waals surface area (Å²) >= 11 is 8.82. The number of aryl methyl sites for hydroxylation is 1. The van der Waals surface area contributed by atoms with Gasteiger partial charge in [0.1, 0.15) is 0 Å². The van der Waals surface area contributed by atoms with Gasteiger partial charge in [-0.3, -0.25) is 4.68 Å². The van der Waals surface area contributed by atoms with Gasteiger partial charge >= 0.3 is 0 Å². The molecule has 0 saturated heterocycles. The lowest BCUT2D eigenvalue weighted by Gasteiger charge is -2.17. The van der Waals surface area contributed by atoms with Crippen LogP contribution in [0.5, 0.6) is 0 Å². The highest BCUT2D eigenvalue weighted by Crippen LogP contribution is 2.32. The second-order valence-electron chi connectivity index (χ2n) is 4.01. The first-order chi connectivity index (χ1) is 8.67. The molecule has 18 heavy (non-hydrogen) atoms. The van der Waals surface area contributed by atoms with E-state index in [0.717, 1.165) is 21.2 Å². The maximum absolute atomic E-state index is 4.43. The van der Waals surface area contributed by atoms with Gasteiger partial charge in [0.25, 0.3) is 0 Å². The molecule has 3 nitrogen and oxygen atoms in total. The molecule has 0 amide bonds. The molecule has 2 aromatic heterocycles. The van der Waals surface area contributed by atoms with Crippen LogP contribution >= 0.6 is 43.2 Å². The first-order valence-electron chi connectivity index (χ1n) is 5.79. The molecule has 98 valence electrons. The number of aromatic nitrogens is 2. The van der Waals surface area contributed by atoms with E-state index in [1.165, 1.54) is 11.3 Å². The summed E-state index contributed by atoms with van der Waals surface area (Å²) in [5, 5.41) is 9.96.